The Balaban J connectivity index is 2.21. The van der Waals surface area contributed by atoms with Gasteiger partial charge in [-0.1, -0.05) is 11.6 Å². The second-order valence-corrected chi connectivity index (χ2v) is 6.85. The first-order valence-corrected chi connectivity index (χ1v) is 8.60. The molecule has 0 radical (unpaired) electrons. The summed E-state index contributed by atoms with van der Waals surface area (Å²) in [6.45, 7) is 0. The lowest BCUT2D eigenvalue weighted by molar-refractivity contribution is 0.0602. The van der Waals surface area contributed by atoms with Gasteiger partial charge in [0.1, 0.15) is 5.75 Å². The third-order valence-electron chi connectivity index (χ3n) is 3.01. The van der Waals surface area contributed by atoms with Crippen LogP contribution in [0.3, 0.4) is 0 Å². The monoisotopic (exact) mass is 384 g/mol. The van der Waals surface area contributed by atoms with E-state index >= 15 is 0 Å². The molecule has 8 nitrogen and oxygen atoms in total. The molecule has 10 heteroatoms. The summed E-state index contributed by atoms with van der Waals surface area (Å²) in [4.78, 5) is 23.5. The number of carbonyl (C=O) groups is 2. The molecule has 2 aromatic rings. The molecule has 0 bridgehead atoms. The number of amides is 2. The van der Waals surface area contributed by atoms with E-state index in [0.29, 0.717) is 5.02 Å². The zero-order valence-electron chi connectivity index (χ0n) is 12.8. The van der Waals surface area contributed by atoms with Gasteiger partial charge in [0.05, 0.1) is 23.3 Å². The minimum Gasteiger partial charge on any atom is -0.508 e. The van der Waals surface area contributed by atoms with Crippen LogP contribution in [0.15, 0.2) is 47.4 Å². The van der Waals surface area contributed by atoms with Crippen molar-refractivity contribution in [1.29, 1.82) is 0 Å². The molecule has 2 aromatic carbocycles. The molecule has 3 N–H and O–H groups in total. The maximum Gasteiger partial charge on any atom is 0.339 e. The van der Waals surface area contributed by atoms with E-state index in [2.05, 4.69) is 10.1 Å². The van der Waals surface area contributed by atoms with E-state index in [0.717, 1.165) is 13.2 Å². The number of methoxy groups -OCH3 is 1. The maximum atomic E-state index is 12.1. The van der Waals surface area contributed by atoms with Gasteiger partial charge >= 0.3 is 12.0 Å². The number of ether oxygens (including phenoxy) is 1. The molecule has 0 saturated heterocycles. The third-order valence-corrected chi connectivity index (χ3v) is 4.61. The first-order chi connectivity index (χ1) is 11.7. The van der Waals surface area contributed by atoms with Crippen LogP contribution in [-0.2, 0) is 14.8 Å². The van der Waals surface area contributed by atoms with Crippen molar-refractivity contribution in [2.24, 2.45) is 0 Å². The van der Waals surface area contributed by atoms with Crippen molar-refractivity contribution in [2.45, 2.75) is 4.90 Å². The van der Waals surface area contributed by atoms with Gasteiger partial charge < -0.3 is 15.2 Å². The van der Waals surface area contributed by atoms with Crippen molar-refractivity contribution in [1.82, 2.24) is 4.72 Å². The number of sulfonamides is 1. The fourth-order valence-corrected chi connectivity index (χ4v) is 2.90. The molecule has 0 aliphatic carbocycles. The lowest BCUT2D eigenvalue weighted by atomic mass is 10.1. The van der Waals surface area contributed by atoms with Crippen LogP contribution in [0.2, 0.25) is 5.02 Å². The smallest absolute Gasteiger partial charge is 0.339 e. The molecule has 0 heterocycles. The molecule has 0 fully saturated rings. The van der Waals surface area contributed by atoms with E-state index in [1.54, 1.807) is 4.72 Å². The average molecular weight is 385 g/mol. The molecular weight excluding hydrogens is 372 g/mol. The molecule has 0 atom stereocenters. The highest BCUT2D eigenvalue weighted by Gasteiger charge is 2.20. The van der Waals surface area contributed by atoms with Crippen LogP contribution in [0.1, 0.15) is 10.4 Å². The standard InChI is InChI=1S/C15H13ClN2O6S/c1-24-14(20)12-7-4-10(19)8-13(12)17-15(21)18-25(22,23)11-5-2-9(16)3-6-11/h2-8,19H,1H3,(H2,17,18,21). The van der Waals surface area contributed by atoms with Gasteiger partial charge in [0.2, 0.25) is 0 Å². The Kier molecular flexibility index (Phi) is 5.50. The van der Waals surface area contributed by atoms with Crippen LogP contribution in [0.5, 0.6) is 5.75 Å². The molecule has 0 aliphatic rings. The molecule has 0 saturated carbocycles. The van der Waals surface area contributed by atoms with Gasteiger partial charge in [-0.3, -0.25) is 0 Å². The Morgan fingerprint density at radius 3 is 2.36 bits per heavy atom. The van der Waals surface area contributed by atoms with Crippen molar-refractivity contribution in [3.05, 3.63) is 53.1 Å². The van der Waals surface area contributed by atoms with Gasteiger partial charge in [0.15, 0.2) is 0 Å². The Hall–Kier alpha value is -2.78. The fraction of sp³-hybridized carbons (Fsp3) is 0.0667. The fourth-order valence-electron chi connectivity index (χ4n) is 1.87. The highest BCUT2D eigenvalue weighted by atomic mass is 35.5. The molecule has 2 rings (SSSR count). The summed E-state index contributed by atoms with van der Waals surface area (Å²) in [5.74, 6) is -1.00. The van der Waals surface area contributed by atoms with Crippen LogP contribution in [-0.4, -0.2) is 32.6 Å². The number of rotatable bonds is 4. The quantitative estimate of drug-likeness (QED) is 0.695. The molecule has 0 aromatic heterocycles. The van der Waals surface area contributed by atoms with Gasteiger partial charge in [0.25, 0.3) is 10.0 Å². The first-order valence-electron chi connectivity index (χ1n) is 6.73. The summed E-state index contributed by atoms with van der Waals surface area (Å²) in [6.07, 6.45) is 0. The molecule has 0 unspecified atom stereocenters. The van der Waals surface area contributed by atoms with Gasteiger partial charge in [-0.25, -0.2) is 22.7 Å². The molecule has 0 aliphatic heterocycles. The summed E-state index contributed by atoms with van der Waals surface area (Å²) < 4.78 is 30.6. The normalized spacial score (nSPS) is 10.8. The highest BCUT2D eigenvalue weighted by Crippen LogP contribution is 2.22. The number of urea groups is 1. The van der Waals surface area contributed by atoms with Gasteiger partial charge in [-0.2, -0.15) is 0 Å². The number of esters is 1. The molecular formula is C15H13ClN2O6S. The lowest BCUT2D eigenvalue weighted by Gasteiger charge is -2.11. The minimum absolute atomic E-state index is 0.0562. The number of phenols is 1. The summed E-state index contributed by atoms with van der Waals surface area (Å²) in [5.41, 5.74) is -0.171. The van der Waals surface area contributed by atoms with E-state index < -0.39 is 22.0 Å². The molecule has 2 amide bonds. The summed E-state index contributed by atoms with van der Waals surface area (Å²) in [5, 5.41) is 12.0. The number of aromatic hydroxyl groups is 1. The number of phenolic OH excluding ortho intramolecular Hbond substituents is 1. The van der Waals surface area contributed by atoms with E-state index in [9.17, 15) is 23.1 Å². The van der Waals surface area contributed by atoms with Crippen LogP contribution < -0.4 is 10.0 Å². The van der Waals surface area contributed by atoms with Crippen LogP contribution in [0.25, 0.3) is 0 Å². The molecule has 0 spiro atoms. The number of anilines is 1. The van der Waals surface area contributed by atoms with E-state index in [4.69, 9.17) is 11.6 Å². The lowest BCUT2D eigenvalue weighted by Crippen LogP contribution is -2.34. The number of benzene rings is 2. The van der Waals surface area contributed by atoms with Gasteiger partial charge in [-0.05, 0) is 36.4 Å². The van der Waals surface area contributed by atoms with Crippen molar-refractivity contribution in [3.8, 4) is 5.75 Å². The Morgan fingerprint density at radius 2 is 1.76 bits per heavy atom. The number of carbonyl (C=O) groups excluding carboxylic acids is 2. The Morgan fingerprint density at radius 1 is 1.12 bits per heavy atom. The predicted molar refractivity (Wildman–Crippen MR) is 90.2 cm³/mol. The predicted octanol–water partition coefficient (Wildman–Crippen LogP) is 2.34. The summed E-state index contributed by atoms with van der Waals surface area (Å²) in [7, 11) is -3.00. The molecule has 25 heavy (non-hydrogen) atoms. The van der Waals surface area contributed by atoms with Gasteiger partial charge in [-0.15, -0.1) is 0 Å². The second-order valence-electron chi connectivity index (χ2n) is 4.74. The van der Waals surface area contributed by atoms with Crippen molar-refractivity contribution in [2.75, 3.05) is 12.4 Å². The van der Waals surface area contributed by atoms with E-state index in [1.165, 1.54) is 36.4 Å². The number of hydrogen-bond acceptors (Lipinski definition) is 6. The van der Waals surface area contributed by atoms with Crippen LogP contribution in [0, 0.1) is 0 Å². The zero-order valence-corrected chi connectivity index (χ0v) is 14.4. The highest BCUT2D eigenvalue weighted by molar-refractivity contribution is 7.90. The van der Waals surface area contributed by atoms with Gasteiger partial charge in [0, 0.05) is 11.1 Å². The minimum atomic E-state index is -4.14. The SMILES string of the molecule is COC(=O)c1ccc(O)cc1NC(=O)NS(=O)(=O)c1ccc(Cl)cc1. The largest absolute Gasteiger partial charge is 0.508 e. The first kappa shape index (κ1) is 18.6. The number of hydrogen-bond donors (Lipinski definition) is 3. The molecule has 132 valence electrons. The van der Waals surface area contributed by atoms with E-state index in [-0.39, 0.29) is 21.9 Å². The maximum absolute atomic E-state index is 12.1. The average Bonchev–Trinajstić information content (AvgIpc) is 2.54. The van der Waals surface area contributed by atoms with Crippen molar-refractivity contribution < 1.29 is 27.9 Å². The Labute approximate surface area is 148 Å². The van der Waals surface area contributed by atoms with E-state index in [1.807, 2.05) is 0 Å². The third kappa shape index (κ3) is 4.61. The summed E-state index contributed by atoms with van der Waals surface area (Å²) >= 11 is 5.69. The van der Waals surface area contributed by atoms with Crippen LogP contribution in [0.4, 0.5) is 10.5 Å². The number of halogens is 1. The topological polar surface area (TPSA) is 122 Å². The number of nitrogens with one attached hydrogen (secondary N) is 2. The summed E-state index contributed by atoms with van der Waals surface area (Å²) in [6, 6.07) is 7.59. The Bertz CT molecular complexity index is 912. The van der Waals surface area contributed by atoms with Crippen molar-refractivity contribution >= 4 is 39.3 Å². The van der Waals surface area contributed by atoms with Crippen molar-refractivity contribution in [3.63, 3.8) is 0 Å². The zero-order chi connectivity index (χ0) is 18.6. The second kappa shape index (κ2) is 7.41. The van der Waals surface area contributed by atoms with Crippen LogP contribution >= 0.6 is 11.6 Å².